The molecular weight excluding hydrogens is 246 g/mol. The summed E-state index contributed by atoms with van der Waals surface area (Å²) in [6.07, 6.45) is 14.4. The van der Waals surface area contributed by atoms with E-state index in [2.05, 4.69) is 12.2 Å². The summed E-state index contributed by atoms with van der Waals surface area (Å²) in [5.41, 5.74) is -0.407. The van der Waals surface area contributed by atoms with Gasteiger partial charge in [-0.2, -0.15) is 0 Å². The van der Waals surface area contributed by atoms with Gasteiger partial charge in [0, 0.05) is 12.6 Å². The molecule has 0 bridgehead atoms. The van der Waals surface area contributed by atoms with E-state index in [4.69, 9.17) is 0 Å². The molecule has 0 heterocycles. The lowest BCUT2D eigenvalue weighted by Crippen LogP contribution is -2.48. The summed E-state index contributed by atoms with van der Waals surface area (Å²) in [5.74, 6) is 2.82. The minimum Gasteiger partial charge on any atom is -0.389 e. The molecule has 0 aromatic rings. The van der Waals surface area contributed by atoms with E-state index in [1.165, 1.54) is 57.8 Å². The van der Waals surface area contributed by atoms with Crippen LogP contribution in [0.4, 0.5) is 0 Å². The van der Waals surface area contributed by atoms with Gasteiger partial charge in [-0.15, -0.1) is 0 Å². The predicted molar refractivity (Wildman–Crippen MR) is 83.7 cm³/mol. The molecule has 3 saturated carbocycles. The number of aliphatic hydroxyl groups is 1. The van der Waals surface area contributed by atoms with Crippen molar-refractivity contribution < 1.29 is 5.11 Å². The smallest absolute Gasteiger partial charge is 0.0771 e. The third-order valence-corrected chi connectivity index (χ3v) is 6.46. The second-order valence-corrected chi connectivity index (χ2v) is 8.10. The summed E-state index contributed by atoms with van der Waals surface area (Å²) in [7, 11) is 0. The van der Waals surface area contributed by atoms with Crippen molar-refractivity contribution in [2.75, 3.05) is 6.54 Å². The van der Waals surface area contributed by atoms with Gasteiger partial charge in [-0.3, -0.25) is 0 Å². The molecule has 3 fully saturated rings. The Balaban J connectivity index is 1.44. The van der Waals surface area contributed by atoms with Crippen LogP contribution in [-0.2, 0) is 0 Å². The van der Waals surface area contributed by atoms with Crippen LogP contribution in [0.5, 0.6) is 0 Å². The van der Waals surface area contributed by atoms with Crippen molar-refractivity contribution in [3.05, 3.63) is 0 Å². The molecule has 0 spiro atoms. The molecule has 3 unspecified atom stereocenters. The minimum atomic E-state index is -0.407. The predicted octanol–water partition coefficient (Wildman–Crippen LogP) is 3.88. The third-order valence-electron chi connectivity index (χ3n) is 6.46. The summed E-state index contributed by atoms with van der Waals surface area (Å²) in [4.78, 5) is 0. The van der Waals surface area contributed by atoms with Crippen LogP contribution < -0.4 is 5.32 Å². The van der Waals surface area contributed by atoms with Crippen molar-refractivity contribution >= 4 is 0 Å². The van der Waals surface area contributed by atoms with E-state index in [0.717, 1.165) is 37.1 Å². The molecule has 0 aromatic heterocycles. The Morgan fingerprint density at radius 2 is 1.65 bits per heavy atom. The standard InChI is InChI=1S/C18H33NO/c1-14-8-10-18(20,11-9-14)13-19-17-7-6-15-4-2-3-5-16(15)12-17/h14-17,19-20H,2-13H2,1H3. The number of rotatable bonds is 3. The van der Waals surface area contributed by atoms with Gasteiger partial charge in [0.05, 0.1) is 5.60 Å². The molecule has 3 rings (SSSR count). The molecule has 0 aliphatic heterocycles. The van der Waals surface area contributed by atoms with Gasteiger partial charge >= 0.3 is 0 Å². The highest BCUT2D eigenvalue weighted by Gasteiger charge is 2.35. The molecule has 2 nitrogen and oxygen atoms in total. The molecule has 0 amide bonds. The van der Waals surface area contributed by atoms with Crippen LogP contribution in [0.2, 0.25) is 0 Å². The van der Waals surface area contributed by atoms with Crippen LogP contribution in [0.15, 0.2) is 0 Å². The molecule has 20 heavy (non-hydrogen) atoms. The van der Waals surface area contributed by atoms with Gasteiger partial charge < -0.3 is 10.4 Å². The summed E-state index contributed by atoms with van der Waals surface area (Å²) in [5, 5.41) is 14.4. The highest BCUT2D eigenvalue weighted by molar-refractivity contribution is 4.90. The first-order valence-electron chi connectivity index (χ1n) is 9.10. The highest BCUT2D eigenvalue weighted by Crippen LogP contribution is 2.40. The number of fused-ring (bicyclic) bond motifs is 1. The molecule has 2 N–H and O–H groups in total. The fourth-order valence-electron chi connectivity index (χ4n) is 4.87. The SMILES string of the molecule is CC1CCC(O)(CNC2CCC3CCCCC3C2)CC1. The Morgan fingerprint density at radius 3 is 2.40 bits per heavy atom. The van der Waals surface area contributed by atoms with Gasteiger partial charge in [0.15, 0.2) is 0 Å². The van der Waals surface area contributed by atoms with E-state index < -0.39 is 5.60 Å². The molecule has 0 aromatic carbocycles. The average Bonchev–Trinajstić information content (AvgIpc) is 2.48. The zero-order valence-electron chi connectivity index (χ0n) is 13.2. The summed E-state index contributed by atoms with van der Waals surface area (Å²) >= 11 is 0. The van der Waals surface area contributed by atoms with Crippen LogP contribution in [-0.4, -0.2) is 23.3 Å². The van der Waals surface area contributed by atoms with Crippen molar-refractivity contribution in [1.82, 2.24) is 5.32 Å². The Labute approximate surface area is 124 Å². The zero-order valence-corrected chi connectivity index (χ0v) is 13.2. The minimum absolute atomic E-state index is 0.407. The van der Waals surface area contributed by atoms with Crippen molar-refractivity contribution in [3.63, 3.8) is 0 Å². The molecule has 3 aliphatic carbocycles. The topological polar surface area (TPSA) is 32.3 Å². The largest absolute Gasteiger partial charge is 0.389 e. The number of hydrogen-bond acceptors (Lipinski definition) is 2. The van der Waals surface area contributed by atoms with E-state index in [-0.39, 0.29) is 0 Å². The quantitative estimate of drug-likeness (QED) is 0.822. The van der Waals surface area contributed by atoms with Gasteiger partial charge in [-0.25, -0.2) is 0 Å². The van der Waals surface area contributed by atoms with Gasteiger partial charge in [-0.1, -0.05) is 32.6 Å². The van der Waals surface area contributed by atoms with Crippen LogP contribution in [0.3, 0.4) is 0 Å². The van der Waals surface area contributed by atoms with Crippen LogP contribution in [0.1, 0.15) is 77.6 Å². The Hall–Kier alpha value is -0.0800. The maximum Gasteiger partial charge on any atom is 0.0771 e. The molecule has 0 radical (unpaired) electrons. The molecule has 0 saturated heterocycles. The summed E-state index contributed by atoms with van der Waals surface area (Å²) < 4.78 is 0. The molecule has 2 heteroatoms. The zero-order chi connectivity index (χ0) is 14.0. The maximum atomic E-state index is 10.7. The first-order valence-corrected chi connectivity index (χ1v) is 9.10. The van der Waals surface area contributed by atoms with Gasteiger partial charge in [0.2, 0.25) is 0 Å². The third kappa shape index (κ3) is 3.57. The van der Waals surface area contributed by atoms with E-state index in [1.54, 1.807) is 0 Å². The second-order valence-electron chi connectivity index (χ2n) is 8.10. The van der Waals surface area contributed by atoms with Gasteiger partial charge in [0.1, 0.15) is 0 Å². The second kappa shape index (κ2) is 6.36. The number of hydrogen-bond donors (Lipinski definition) is 2. The maximum absolute atomic E-state index is 10.7. The highest BCUT2D eigenvalue weighted by atomic mass is 16.3. The summed E-state index contributed by atoms with van der Waals surface area (Å²) in [6, 6.07) is 0.678. The Morgan fingerprint density at radius 1 is 0.950 bits per heavy atom. The van der Waals surface area contributed by atoms with Crippen molar-refractivity contribution in [2.45, 2.75) is 89.2 Å². The first-order chi connectivity index (χ1) is 9.65. The van der Waals surface area contributed by atoms with Crippen LogP contribution in [0.25, 0.3) is 0 Å². The van der Waals surface area contributed by atoms with E-state index >= 15 is 0 Å². The molecule has 116 valence electrons. The first kappa shape index (κ1) is 14.8. The van der Waals surface area contributed by atoms with Crippen molar-refractivity contribution in [2.24, 2.45) is 17.8 Å². The number of nitrogens with one attached hydrogen (secondary N) is 1. The lowest BCUT2D eigenvalue weighted by Gasteiger charge is -2.41. The lowest BCUT2D eigenvalue weighted by atomic mass is 9.69. The van der Waals surface area contributed by atoms with E-state index in [9.17, 15) is 5.11 Å². The normalized spacial score (nSPS) is 45.9. The van der Waals surface area contributed by atoms with Gasteiger partial charge in [0.25, 0.3) is 0 Å². The monoisotopic (exact) mass is 279 g/mol. The Kier molecular flexibility index (Phi) is 4.72. The van der Waals surface area contributed by atoms with Crippen LogP contribution in [0, 0.1) is 17.8 Å². The van der Waals surface area contributed by atoms with E-state index in [0.29, 0.717) is 6.04 Å². The fourth-order valence-corrected chi connectivity index (χ4v) is 4.87. The summed E-state index contributed by atoms with van der Waals surface area (Å²) in [6.45, 7) is 3.15. The molecule has 3 atom stereocenters. The van der Waals surface area contributed by atoms with Crippen molar-refractivity contribution in [1.29, 1.82) is 0 Å². The fraction of sp³-hybridized carbons (Fsp3) is 1.00. The average molecular weight is 279 g/mol. The lowest BCUT2D eigenvalue weighted by molar-refractivity contribution is -0.0109. The van der Waals surface area contributed by atoms with Crippen LogP contribution >= 0.6 is 0 Å². The van der Waals surface area contributed by atoms with Gasteiger partial charge in [-0.05, 0) is 62.7 Å². The Bertz CT molecular complexity index is 309. The van der Waals surface area contributed by atoms with Crippen molar-refractivity contribution in [3.8, 4) is 0 Å². The molecular formula is C18H33NO. The van der Waals surface area contributed by atoms with E-state index in [1.807, 2.05) is 0 Å². The molecule has 3 aliphatic rings.